The molecule has 2 N–H and O–H groups in total. The number of ether oxygens (including phenoxy) is 2. The van der Waals surface area contributed by atoms with Gasteiger partial charge in [-0.15, -0.1) is 0 Å². The number of aryl methyl sites for hydroxylation is 1. The molecular formula is C25H26FN5O4. The number of nitrogens with zero attached hydrogens (tertiary/aromatic N) is 3. The largest absolute Gasteiger partial charge is 0.481 e. The van der Waals surface area contributed by atoms with Gasteiger partial charge in [-0.3, -0.25) is 9.97 Å². The lowest BCUT2D eigenvalue weighted by Crippen LogP contribution is -2.61. The van der Waals surface area contributed by atoms with Gasteiger partial charge in [-0.2, -0.15) is 0 Å². The van der Waals surface area contributed by atoms with Gasteiger partial charge in [-0.1, -0.05) is 0 Å². The van der Waals surface area contributed by atoms with E-state index in [4.69, 9.17) is 13.9 Å². The lowest BCUT2D eigenvalue weighted by atomic mass is 9.69. The number of halogens is 1. The summed E-state index contributed by atoms with van der Waals surface area (Å²) in [5.74, 6) is -0.407. The Kier molecular flexibility index (Phi) is 5.30. The number of rotatable bonds is 7. The van der Waals surface area contributed by atoms with Crippen molar-refractivity contribution < 1.29 is 18.3 Å². The van der Waals surface area contributed by atoms with E-state index < -0.39 is 5.76 Å². The molecule has 0 amide bonds. The average Bonchev–Trinajstić information content (AvgIpc) is 3.27. The molecular weight excluding hydrogens is 453 g/mol. The van der Waals surface area contributed by atoms with Crippen LogP contribution in [0.4, 0.5) is 4.39 Å². The van der Waals surface area contributed by atoms with Gasteiger partial charge in [0.15, 0.2) is 11.2 Å². The fraction of sp³-hybridized carbons (Fsp3) is 0.440. The molecule has 1 aliphatic carbocycles. The summed E-state index contributed by atoms with van der Waals surface area (Å²) >= 11 is 0. The minimum Gasteiger partial charge on any atom is -0.481 e. The second kappa shape index (κ2) is 8.39. The van der Waals surface area contributed by atoms with E-state index in [1.54, 1.807) is 25.3 Å². The third-order valence-electron chi connectivity index (χ3n) is 7.54. The average molecular weight is 480 g/mol. The Morgan fingerprint density at radius 2 is 2.03 bits per heavy atom. The molecule has 2 bridgehead atoms. The molecule has 10 heteroatoms. The predicted molar refractivity (Wildman–Crippen MR) is 126 cm³/mol. The quantitative estimate of drug-likeness (QED) is 0.414. The summed E-state index contributed by atoms with van der Waals surface area (Å²) in [5, 5.41) is 3.65. The van der Waals surface area contributed by atoms with Crippen molar-refractivity contribution in [2.24, 2.45) is 0 Å². The molecule has 7 rings (SSSR count). The minimum atomic E-state index is -0.505. The molecule has 0 radical (unpaired) electrons. The van der Waals surface area contributed by atoms with Crippen LogP contribution in [-0.4, -0.2) is 44.8 Å². The van der Waals surface area contributed by atoms with Crippen molar-refractivity contribution in [1.29, 1.82) is 0 Å². The molecule has 182 valence electrons. The van der Waals surface area contributed by atoms with Crippen molar-refractivity contribution >= 4 is 22.3 Å². The molecule has 9 nitrogen and oxygen atoms in total. The minimum absolute atomic E-state index is 0.105. The van der Waals surface area contributed by atoms with Crippen molar-refractivity contribution in [2.45, 2.75) is 56.2 Å². The Balaban J connectivity index is 1.12. The van der Waals surface area contributed by atoms with Gasteiger partial charge in [0.1, 0.15) is 5.82 Å². The summed E-state index contributed by atoms with van der Waals surface area (Å²) in [6.07, 6.45) is 6.28. The zero-order valence-electron chi connectivity index (χ0n) is 19.4. The van der Waals surface area contributed by atoms with Gasteiger partial charge >= 0.3 is 5.76 Å². The van der Waals surface area contributed by atoms with E-state index in [-0.39, 0.29) is 17.0 Å². The second-order valence-corrected chi connectivity index (χ2v) is 9.58. The van der Waals surface area contributed by atoms with Gasteiger partial charge < -0.3 is 19.2 Å². The van der Waals surface area contributed by atoms with Crippen LogP contribution < -0.4 is 15.8 Å². The van der Waals surface area contributed by atoms with Crippen LogP contribution in [0.15, 0.2) is 39.7 Å². The van der Waals surface area contributed by atoms with Gasteiger partial charge in [0.25, 0.3) is 0 Å². The summed E-state index contributed by atoms with van der Waals surface area (Å²) in [7, 11) is 1.55. The Bertz CT molecular complexity index is 1440. The number of hydrogen-bond donors (Lipinski definition) is 2. The third kappa shape index (κ3) is 4.06. The van der Waals surface area contributed by atoms with Gasteiger partial charge in [-0.05, 0) is 56.7 Å². The monoisotopic (exact) mass is 479 g/mol. The van der Waals surface area contributed by atoms with Gasteiger partial charge in [0, 0.05) is 23.7 Å². The van der Waals surface area contributed by atoms with Crippen LogP contribution in [-0.2, 0) is 17.7 Å². The molecule has 1 saturated carbocycles. The number of aromatic nitrogens is 4. The molecule has 2 aliphatic heterocycles. The number of aromatic amines is 1. The SMILES string of the molecule is COc1ccc2ncc(F)c(CCC34CCC(NCc5ccc6oc(=O)[nH]c6n5)(CC3)CO4)c2n1. The maximum absolute atomic E-state index is 14.7. The van der Waals surface area contributed by atoms with Crippen LogP contribution in [0.25, 0.3) is 22.3 Å². The van der Waals surface area contributed by atoms with Crippen LogP contribution in [0.5, 0.6) is 5.88 Å². The van der Waals surface area contributed by atoms with E-state index in [2.05, 4.69) is 25.3 Å². The Morgan fingerprint density at radius 3 is 2.80 bits per heavy atom. The van der Waals surface area contributed by atoms with Crippen molar-refractivity contribution in [2.75, 3.05) is 13.7 Å². The zero-order valence-corrected chi connectivity index (χ0v) is 19.4. The Hall–Kier alpha value is -3.37. The molecule has 4 aromatic rings. The van der Waals surface area contributed by atoms with Crippen LogP contribution >= 0.6 is 0 Å². The molecule has 2 saturated heterocycles. The Labute approximate surface area is 200 Å². The summed E-state index contributed by atoms with van der Waals surface area (Å²) in [4.78, 5) is 27.1. The first-order valence-electron chi connectivity index (χ1n) is 11.8. The molecule has 3 fully saturated rings. The van der Waals surface area contributed by atoms with E-state index in [0.717, 1.165) is 37.8 Å². The molecule has 4 aromatic heterocycles. The molecule has 0 aromatic carbocycles. The predicted octanol–water partition coefficient (Wildman–Crippen LogP) is 3.41. The number of oxazole rings is 1. The molecule has 0 atom stereocenters. The van der Waals surface area contributed by atoms with E-state index >= 15 is 0 Å². The highest BCUT2D eigenvalue weighted by Gasteiger charge is 2.49. The Morgan fingerprint density at radius 1 is 1.17 bits per heavy atom. The number of pyridine rings is 3. The number of hydrogen-bond acceptors (Lipinski definition) is 8. The summed E-state index contributed by atoms with van der Waals surface area (Å²) in [5.41, 5.74) is 3.14. The smallest absolute Gasteiger partial charge is 0.418 e. The fourth-order valence-electron chi connectivity index (χ4n) is 5.35. The summed E-state index contributed by atoms with van der Waals surface area (Å²) < 4.78 is 31.4. The standard InChI is InChI=1S/C25H26FN5O4/c1-33-20-5-3-18-21(30-20)16(17(26)13-27-18)6-7-25-10-8-24(9-11-25,14-34-25)28-12-15-2-4-19-22(29-15)31-23(32)35-19/h2-5,13,28H,6-12,14H2,1H3,(H,29,31,32). The molecule has 3 aliphatic rings. The highest BCUT2D eigenvalue weighted by atomic mass is 19.1. The van der Waals surface area contributed by atoms with Crippen molar-refractivity contribution in [3.8, 4) is 5.88 Å². The molecule has 0 unspecified atom stereocenters. The van der Waals surface area contributed by atoms with Crippen molar-refractivity contribution in [3.63, 3.8) is 0 Å². The highest BCUT2D eigenvalue weighted by molar-refractivity contribution is 5.78. The maximum Gasteiger partial charge on any atom is 0.418 e. The molecule has 35 heavy (non-hydrogen) atoms. The number of H-pyrrole nitrogens is 1. The maximum atomic E-state index is 14.7. The fourth-order valence-corrected chi connectivity index (χ4v) is 5.35. The normalized spacial score (nSPS) is 23.8. The van der Waals surface area contributed by atoms with Crippen molar-refractivity contribution in [3.05, 3.63) is 58.1 Å². The highest BCUT2D eigenvalue weighted by Crippen LogP contribution is 2.46. The van der Waals surface area contributed by atoms with Crippen LogP contribution in [0.2, 0.25) is 0 Å². The summed E-state index contributed by atoms with van der Waals surface area (Å²) in [6.45, 7) is 1.17. The number of methoxy groups -OCH3 is 1. The zero-order chi connectivity index (χ0) is 24.0. The summed E-state index contributed by atoms with van der Waals surface area (Å²) in [6, 6.07) is 7.15. The molecule has 6 heterocycles. The van der Waals surface area contributed by atoms with E-state index in [1.165, 1.54) is 6.20 Å². The second-order valence-electron chi connectivity index (χ2n) is 9.58. The first-order valence-corrected chi connectivity index (χ1v) is 11.8. The van der Waals surface area contributed by atoms with Gasteiger partial charge in [0.05, 0.1) is 42.2 Å². The van der Waals surface area contributed by atoms with Crippen LogP contribution in [0.3, 0.4) is 0 Å². The first kappa shape index (κ1) is 22.1. The van der Waals surface area contributed by atoms with E-state index in [9.17, 15) is 9.18 Å². The topological polar surface area (TPSA) is 115 Å². The van der Waals surface area contributed by atoms with E-state index in [1.807, 2.05) is 6.07 Å². The lowest BCUT2D eigenvalue weighted by molar-refractivity contribution is -0.165. The van der Waals surface area contributed by atoms with Crippen molar-refractivity contribution in [1.82, 2.24) is 25.3 Å². The first-order chi connectivity index (χ1) is 17.0. The van der Waals surface area contributed by atoms with Crippen LogP contribution in [0, 0.1) is 5.82 Å². The van der Waals surface area contributed by atoms with E-state index in [0.29, 0.717) is 53.3 Å². The lowest BCUT2D eigenvalue weighted by Gasteiger charge is -2.53. The van der Waals surface area contributed by atoms with Crippen LogP contribution in [0.1, 0.15) is 43.4 Å². The number of nitrogens with one attached hydrogen (secondary N) is 2. The third-order valence-corrected chi connectivity index (χ3v) is 7.54. The van der Waals surface area contributed by atoms with Gasteiger partial charge in [-0.25, -0.2) is 19.2 Å². The molecule has 0 spiro atoms. The number of fused-ring (bicyclic) bond motifs is 5. The van der Waals surface area contributed by atoms with Gasteiger partial charge in [0.2, 0.25) is 5.88 Å².